The van der Waals surface area contributed by atoms with E-state index in [-0.39, 0.29) is 12.4 Å². The number of thioether (sulfide) groups is 1. The van der Waals surface area contributed by atoms with E-state index in [1.54, 1.807) is 12.3 Å². The summed E-state index contributed by atoms with van der Waals surface area (Å²) in [7, 11) is 0. The van der Waals surface area contributed by atoms with Gasteiger partial charge in [-0.3, -0.25) is 4.79 Å². The van der Waals surface area contributed by atoms with Crippen LogP contribution in [0.2, 0.25) is 0 Å². The molecule has 0 saturated carbocycles. The van der Waals surface area contributed by atoms with Crippen LogP contribution in [0.3, 0.4) is 0 Å². The highest BCUT2D eigenvalue weighted by atomic mass is 32.2. The normalized spacial score (nSPS) is 13.9. The Morgan fingerprint density at radius 3 is 2.57 bits per heavy atom. The number of amides is 1. The summed E-state index contributed by atoms with van der Waals surface area (Å²) in [4.78, 5) is 26.8. The van der Waals surface area contributed by atoms with E-state index in [1.165, 1.54) is 16.7 Å². The van der Waals surface area contributed by atoms with Gasteiger partial charge in [-0.05, 0) is 45.2 Å². The summed E-state index contributed by atoms with van der Waals surface area (Å²) in [5.74, 6) is -0.368. The molecule has 0 fully saturated rings. The summed E-state index contributed by atoms with van der Waals surface area (Å²) in [6.07, 6.45) is -0.477. The zero-order valence-electron chi connectivity index (χ0n) is 13.8. The highest BCUT2D eigenvalue weighted by Gasteiger charge is 2.31. The highest BCUT2D eigenvalue weighted by molar-refractivity contribution is 8.02. The summed E-state index contributed by atoms with van der Waals surface area (Å²) >= 11 is 1.48. The Labute approximate surface area is 140 Å². The summed E-state index contributed by atoms with van der Waals surface area (Å²) in [6, 6.07) is 7.52. The van der Waals surface area contributed by atoms with E-state index in [1.807, 2.05) is 45.0 Å². The van der Waals surface area contributed by atoms with E-state index >= 15 is 0 Å². The van der Waals surface area contributed by atoms with Crippen molar-refractivity contribution in [2.24, 2.45) is 0 Å². The largest absolute Gasteiger partial charge is 0.466 e. The Morgan fingerprint density at radius 1 is 1.22 bits per heavy atom. The van der Waals surface area contributed by atoms with Gasteiger partial charge < -0.3 is 9.47 Å². The van der Waals surface area contributed by atoms with E-state index in [2.05, 4.69) is 0 Å². The molecule has 1 heterocycles. The molecule has 1 aromatic rings. The molecule has 0 aliphatic carbocycles. The molecule has 23 heavy (non-hydrogen) atoms. The number of anilines is 1. The van der Waals surface area contributed by atoms with Crippen LogP contribution in [-0.4, -0.2) is 24.3 Å². The summed E-state index contributed by atoms with van der Waals surface area (Å²) < 4.78 is 10.5. The standard InChI is InChI=1S/C17H21NO4S/c1-5-21-15(19)10-12-11-23-14-9-7-6-8-13(14)18(12)16(20)22-17(2,3)4/h6-9,11H,5,10H2,1-4H3. The minimum atomic E-state index is -0.619. The third-order valence-electron chi connectivity index (χ3n) is 2.92. The second-order valence-electron chi connectivity index (χ2n) is 5.99. The van der Waals surface area contributed by atoms with Crippen LogP contribution in [0.15, 0.2) is 40.3 Å². The first-order valence-electron chi connectivity index (χ1n) is 7.45. The number of rotatable bonds is 3. The molecule has 0 radical (unpaired) electrons. The number of ether oxygens (including phenoxy) is 2. The quantitative estimate of drug-likeness (QED) is 0.770. The summed E-state index contributed by atoms with van der Waals surface area (Å²) in [5.41, 5.74) is 0.654. The van der Waals surface area contributed by atoms with Crippen LogP contribution in [0.1, 0.15) is 34.1 Å². The minimum absolute atomic E-state index is 0.0222. The highest BCUT2D eigenvalue weighted by Crippen LogP contribution is 2.40. The monoisotopic (exact) mass is 335 g/mol. The van der Waals surface area contributed by atoms with Gasteiger partial charge in [0.25, 0.3) is 0 Å². The van der Waals surface area contributed by atoms with E-state index in [4.69, 9.17) is 9.47 Å². The van der Waals surface area contributed by atoms with Crippen molar-refractivity contribution in [3.8, 4) is 0 Å². The van der Waals surface area contributed by atoms with Gasteiger partial charge in [-0.2, -0.15) is 0 Å². The maximum Gasteiger partial charge on any atom is 0.419 e. The number of carbonyl (C=O) groups is 2. The van der Waals surface area contributed by atoms with Crippen molar-refractivity contribution in [2.45, 2.75) is 44.6 Å². The lowest BCUT2D eigenvalue weighted by Gasteiger charge is -2.32. The Morgan fingerprint density at radius 2 is 1.91 bits per heavy atom. The molecule has 0 spiro atoms. The van der Waals surface area contributed by atoms with Crippen LogP contribution < -0.4 is 4.90 Å². The maximum atomic E-state index is 12.6. The Kier molecular flexibility index (Phi) is 5.36. The predicted molar refractivity (Wildman–Crippen MR) is 90.3 cm³/mol. The van der Waals surface area contributed by atoms with E-state index in [0.29, 0.717) is 18.0 Å². The van der Waals surface area contributed by atoms with Crippen molar-refractivity contribution in [3.05, 3.63) is 35.4 Å². The molecule has 1 aromatic carbocycles. The van der Waals surface area contributed by atoms with Crippen molar-refractivity contribution in [3.63, 3.8) is 0 Å². The zero-order valence-corrected chi connectivity index (χ0v) is 14.6. The molecular formula is C17H21NO4S. The molecule has 0 unspecified atom stereocenters. The molecule has 1 aliphatic rings. The van der Waals surface area contributed by atoms with Crippen LogP contribution in [0.25, 0.3) is 0 Å². The van der Waals surface area contributed by atoms with Crippen molar-refractivity contribution in [1.29, 1.82) is 0 Å². The number of fused-ring (bicyclic) bond motifs is 1. The maximum absolute atomic E-state index is 12.6. The fourth-order valence-corrected chi connectivity index (χ4v) is 2.97. The molecule has 5 nitrogen and oxygen atoms in total. The molecule has 124 valence electrons. The topological polar surface area (TPSA) is 55.8 Å². The van der Waals surface area contributed by atoms with Gasteiger partial charge in [0.1, 0.15) is 5.60 Å². The van der Waals surface area contributed by atoms with Crippen LogP contribution in [0.4, 0.5) is 10.5 Å². The fraction of sp³-hybridized carbons (Fsp3) is 0.412. The Bertz CT molecular complexity index is 634. The average Bonchev–Trinajstić information content (AvgIpc) is 2.45. The molecule has 1 amide bonds. The molecule has 6 heteroatoms. The number of carbonyl (C=O) groups excluding carboxylic acids is 2. The number of nitrogens with zero attached hydrogens (tertiary/aromatic N) is 1. The number of hydrogen-bond donors (Lipinski definition) is 0. The molecular weight excluding hydrogens is 314 g/mol. The molecule has 2 rings (SSSR count). The van der Waals surface area contributed by atoms with E-state index in [9.17, 15) is 9.59 Å². The van der Waals surface area contributed by atoms with Gasteiger partial charge in [0, 0.05) is 10.6 Å². The van der Waals surface area contributed by atoms with Crippen LogP contribution >= 0.6 is 11.8 Å². The third-order valence-corrected chi connectivity index (χ3v) is 3.91. The van der Waals surface area contributed by atoms with Crippen molar-refractivity contribution in [1.82, 2.24) is 0 Å². The SMILES string of the molecule is CCOC(=O)CC1=CSc2ccccc2N1C(=O)OC(C)(C)C. The van der Waals surface area contributed by atoms with Gasteiger partial charge >= 0.3 is 12.1 Å². The number of hydrogen-bond acceptors (Lipinski definition) is 5. The summed E-state index contributed by atoms with van der Waals surface area (Å²) in [5, 5.41) is 1.79. The molecule has 0 N–H and O–H groups in total. The fourth-order valence-electron chi connectivity index (χ4n) is 2.08. The first-order chi connectivity index (χ1) is 10.8. The first-order valence-corrected chi connectivity index (χ1v) is 8.33. The minimum Gasteiger partial charge on any atom is -0.466 e. The van der Waals surface area contributed by atoms with E-state index in [0.717, 1.165) is 4.90 Å². The van der Waals surface area contributed by atoms with Gasteiger partial charge in [0.15, 0.2) is 0 Å². The predicted octanol–water partition coefficient (Wildman–Crippen LogP) is 4.33. The van der Waals surface area contributed by atoms with Gasteiger partial charge in [0.05, 0.1) is 18.7 Å². The second-order valence-corrected chi connectivity index (χ2v) is 6.90. The van der Waals surface area contributed by atoms with Crippen molar-refractivity contribution in [2.75, 3.05) is 11.5 Å². The third kappa shape index (κ3) is 4.51. The van der Waals surface area contributed by atoms with Gasteiger partial charge in [0.2, 0.25) is 0 Å². The van der Waals surface area contributed by atoms with E-state index < -0.39 is 11.7 Å². The lowest BCUT2D eigenvalue weighted by Crippen LogP contribution is -2.38. The number of benzene rings is 1. The van der Waals surface area contributed by atoms with Gasteiger partial charge in [-0.1, -0.05) is 23.9 Å². The average molecular weight is 335 g/mol. The number of para-hydroxylation sites is 1. The smallest absolute Gasteiger partial charge is 0.419 e. The lowest BCUT2D eigenvalue weighted by molar-refractivity contribution is -0.142. The van der Waals surface area contributed by atoms with Gasteiger partial charge in [-0.25, -0.2) is 9.69 Å². The van der Waals surface area contributed by atoms with Crippen molar-refractivity contribution < 1.29 is 19.1 Å². The molecule has 1 aliphatic heterocycles. The molecule has 0 saturated heterocycles. The van der Waals surface area contributed by atoms with Crippen LogP contribution in [0, 0.1) is 0 Å². The number of esters is 1. The Hall–Kier alpha value is -1.95. The lowest BCUT2D eigenvalue weighted by atomic mass is 10.2. The second kappa shape index (κ2) is 7.08. The van der Waals surface area contributed by atoms with Crippen LogP contribution in [0.5, 0.6) is 0 Å². The van der Waals surface area contributed by atoms with Crippen LogP contribution in [-0.2, 0) is 14.3 Å². The molecule has 0 aromatic heterocycles. The zero-order chi connectivity index (χ0) is 17.0. The Balaban J connectivity index is 2.32. The molecule has 0 atom stereocenters. The van der Waals surface area contributed by atoms with Gasteiger partial charge in [-0.15, -0.1) is 0 Å². The first kappa shape index (κ1) is 17.4. The van der Waals surface area contributed by atoms with Crippen molar-refractivity contribution >= 4 is 29.5 Å². The molecule has 0 bridgehead atoms. The summed E-state index contributed by atoms with van der Waals surface area (Å²) in [6.45, 7) is 7.49.